The average molecular weight is 501 g/mol. The summed E-state index contributed by atoms with van der Waals surface area (Å²) in [6, 6.07) is 9.27. The minimum absolute atomic E-state index is 0.112. The third kappa shape index (κ3) is 5.01. The highest BCUT2D eigenvalue weighted by Gasteiger charge is 2.46. The third-order valence-corrected chi connectivity index (χ3v) is 7.24. The number of benzene rings is 1. The zero-order valence-corrected chi connectivity index (χ0v) is 21.1. The molecule has 1 aliphatic carbocycles. The number of piperidine rings is 1. The standard InChI is InChI=1S/C30H32N2O5/c1-3-5-21-8-10-26(28(17-21)34-2)35-19-23-9-11-27(37-23)29(33)32-14-12-30(13-15-32)20-36-25-7-4-6-22(18-31)16-24(25)30/h3-4,6,8-11,16-17H,1,5,12-15,18-20,31H2,2H3. The maximum absolute atomic E-state index is 13.2. The van der Waals surface area contributed by atoms with E-state index in [9.17, 15) is 4.79 Å². The van der Waals surface area contributed by atoms with Crippen LogP contribution < -0.4 is 15.2 Å². The van der Waals surface area contributed by atoms with E-state index in [-0.39, 0.29) is 17.9 Å². The van der Waals surface area contributed by atoms with Crippen molar-refractivity contribution in [3.05, 3.63) is 101 Å². The average Bonchev–Trinajstić information content (AvgIpc) is 3.46. The first-order valence-electron chi connectivity index (χ1n) is 12.5. The molecule has 5 rings (SSSR count). The summed E-state index contributed by atoms with van der Waals surface area (Å²) in [4.78, 5) is 15.0. The van der Waals surface area contributed by atoms with E-state index in [4.69, 9.17) is 24.4 Å². The number of carbonyl (C=O) groups excluding carboxylic acids is 1. The Morgan fingerprint density at radius 2 is 2.08 bits per heavy atom. The highest BCUT2D eigenvalue weighted by atomic mass is 16.5. The first kappa shape index (κ1) is 24.8. The van der Waals surface area contributed by atoms with Gasteiger partial charge < -0.3 is 29.3 Å². The molecule has 192 valence electrons. The van der Waals surface area contributed by atoms with Gasteiger partial charge in [0, 0.05) is 30.6 Å². The molecular weight excluding hydrogens is 468 g/mol. The Balaban J connectivity index is 1.21. The van der Waals surface area contributed by atoms with Gasteiger partial charge in [-0.1, -0.05) is 17.9 Å². The van der Waals surface area contributed by atoms with Crippen molar-refractivity contribution in [1.29, 1.82) is 0 Å². The maximum atomic E-state index is 13.2. The monoisotopic (exact) mass is 500 g/mol. The lowest BCUT2D eigenvalue weighted by Crippen LogP contribution is -2.44. The van der Waals surface area contributed by atoms with E-state index in [1.807, 2.05) is 41.3 Å². The summed E-state index contributed by atoms with van der Waals surface area (Å²) >= 11 is 0. The van der Waals surface area contributed by atoms with E-state index in [1.165, 1.54) is 0 Å². The van der Waals surface area contributed by atoms with Crippen LogP contribution in [0.2, 0.25) is 0 Å². The fourth-order valence-electron chi connectivity index (χ4n) is 5.08. The molecule has 2 N–H and O–H groups in total. The molecule has 1 spiro atoms. The van der Waals surface area contributed by atoms with Crippen LogP contribution in [0.3, 0.4) is 0 Å². The van der Waals surface area contributed by atoms with Crippen LogP contribution in [0.1, 0.15) is 34.7 Å². The number of nitrogens with two attached hydrogens (primary N) is 1. The van der Waals surface area contributed by atoms with E-state index in [2.05, 4.69) is 18.4 Å². The topological polar surface area (TPSA) is 87.2 Å². The van der Waals surface area contributed by atoms with Gasteiger partial charge in [0.1, 0.15) is 12.4 Å². The van der Waals surface area contributed by atoms with E-state index in [1.54, 1.807) is 19.2 Å². The first-order valence-corrected chi connectivity index (χ1v) is 12.5. The molecule has 0 saturated carbocycles. The normalized spacial score (nSPS) is 17.8. The first-order chi connectivity index (χ1) is 18.0. The summed E-state index contributed by atoms with van der Waals surface area (Å²) in [5, 5.41) is 0. The van der Waals surface area contributed by atoms with Crippen molar-refractivity contribution in [2.45, 2.75) is 25.9 Å². The SMILES string of the molecule is C=CCc1ccc(OCc2ccc(C(=O)N3CCC4(CC3)COC3=C=CC=C(CN)C=C34)o2)c(OC)c1. The Kier molecular flexibility index (Phi) is 7.08. The summed E-state index contributed by atoms with van der Waals surface area (Å²) in [5.41, 5.74) is 12.3. The third-order valence-electron chi connectivity index (χ3n) is 7.24. The summed E-state index contributed by atoms with van der Waals surface area (Å²) in [6.45, 7) is 6.28. The minimum atomic E-state index is -0.117. The van der Waals surface area contributed by atoms with Gasteiger partial charge in [-0.2, -0.15) is 0 Å². The lowest BCUT2D eigenvalue weighted by atomic mass is 9.73. The Hall–Kier alpha value is -3.93. The van der Waals surface area contributed by atoms with E-state index in [0.717, 1.165) is 41.7 Å². The molecule has 0 atom stereocenters. The Labute approximate surface area is 217 Å². The van der Waals surface area contributed by atoms with Gasteiger partial charge in [-0.3, -0.25) is 4.79 Å². The molecule has 2 aliphatic heterocycles. The van der Waals surface area contributed by atoms with Crippen LogP contribution in [0.4, 0.5) is 0 Å². The van der Waals surface area contributed by atoms with E-state index < -0.39 is 0 Å². The number of amides is 1. The largest absolute Gasteiger partial charge is 0.493 e. The van der Waals surface area contributed by atoms with Crippen molar-refractivity contribution in [3.8, 4) is 11.5 Å². The molecule has 7 heteroatoms. The second kappa shape index (κ2) is 10.6. The molecule has 1 amide bonds. The smallest absolute Gasteiger partial charge is 0.289 e. The number of hydrogen-bond donors (Lipinski definition) is 1. The molecule has 0 bridgehead atoms. The molecule has 1 aromatic carbocycles. The zero-order valence-electron chi connectivity index (χ0n) is 21.1. The molecule has 3 heterocycles. The molecule has 37 heavy (non-hydrogen) atoms. The highest BCUT2D eigenvalue weighted by Crippen LogP contribution is 2.48. The fraction of sp³-hybridized carbons (Fsp3) is 0.333. The molecule has 2 saturated heterocycles. The van der Waals surface area contributed by atoms with Crippen LogP contribution in [0.5, 0.6) is 11.5 Å². The van der Waals surface area contributed by atoms with Crippen LogP contribution in [0.25, 0.3) is 0 Å². The molecule has 2 aromatic rings. The van der Waals surface area contributed by atoms with Gasteiger partial charge in [-0.25, -0.2) is 0 Å². The molecule has 2 fully saturated rings. The van der Waals surface area contributed by atoms with Crippen molar-refractivity contribution < 1.29 is 23.4 Å². The van der Waals surface area contributed by atoms with Gasteiger partial charge >= 0.3 is 0 Å². The van der Waals surface area contributed by atoms with E-state index >= 15 is 0 Å². The lowest BCUT2D eigenvalue weighted by Gasteiger charge is -2.38. The molecule has 0 unspecified atom stereocenters. The second-order valence-electron chi connectivity index (χ2n) is 9.54. The molecule has 1 aromatic heterocycles. The number of rotatable bonds is 8. The van der Waals surface area contributed by atoms with Crippen LogP contribution in [0.15, 0.2) is 88.3 Å². The van der Waals surface area contributed by atoms with Crippen molar-refractivity contribution >= 4 is 5.91 Å². The molecule has 3 aliphatic rings. The van der Waals surface area contributed by atoms with Crippen molar-refractivity contribution in [1.82, 2.24) is 4.90 Å². The van der Waals surface area contributed by atoms with Gasteiger partial charge in [0.2, 0.25) is 0 Å². The number of nitrogens with zero attached hydrogens (tertiary/aromatic N) is 1. The van der Waals surface area contributed by atoms with Gasteiger partial charge in [0.05, 0.1) is 13.7 Å². The number of ether oxygens (including phenoxy) is 3. The molecule has 7 nitrogen and oxygen atoms in total. The Morgan fingerprint density at radius 1 is 1.24 bits per heavy atom. The van der Waals surface area contributed by atoms with Crippen LogP contribution in [0, 0.1) is 5.41 Å². The number of furan rings is 1. The minimum Gasteiger partial charge on any atom is -0.493 e. The number of hydrogen-bond acceptors (Lipinski definition) is 6. The zero-order chi connectivity index (χ0) is 25.8. The van der Waals surface area contributed by atoms with Crippen LogP contribution >= 0.6 is 0 Å². The lowest BCUT2D eigenvalue weighted by molar-refractivity contribution is 0.0552. The van der Waals surface area contributed by atoms with Crippen molar-refractivity contribution in [2.24, 2.45) is 11.1 Å². The van der Waals surface area contributed by atoms with Gasteiger partial charge in [0.25, 0.3) is 5.91 Å². The summed E-state index contributed by atoms with van der Waals surface area (Å²) in [5.74, 6) is 2.83. The van der Waals surface area contributed by atoms with Crippen LogP contribution in [-0.4, -0.2) is 44.2 Å². The quantitative estimate of drug-likeness (QED) is 0.417. The molecule has 0 radical (unpaired) electrons. The Morgan fingerprint density at radius 3 is 2.84 bits per heavy atom. The summed E-state index contributed by atoms with van der Waals surface area (Å²) in [7, 11) is 1.61. The molecular formula is C30H32N2O5. The summed E-state index contributed by atoms with van der Waals surface area (Å²) < 4.78 is 23.2. The van der Waals surface area contributed by atoms with E-state index in [0.29, 0.717) is 49.3 Å². The van der Waals surface area contributed by atoms with Crippen molar-refractivity contribution in [3.63, 3.8) is 0 Å². The Bertz CT molecular complexity index is 1320. The van der Waals surface area contributed by atoms with Crippen LogP contribution in [-0.2, 0) is 17.8 Å². The number of carbonyl (C=O) groups is 1. The van der Waals surface area contributed by atoms with Gasteiger partial charge in [-0.05, 0) is 72.9 Å². The van der Waals surface area contributed by atoms with Gasteiger partial charge in [0.15, 0.2) is 23.0 Å². The number of likely N-dealkylation sites (tertiary alicyclic amines) is 1. The number of methoxy groups -OCH3 is 1. The second-order valence-corrected chi connectivity index (χ2v) is 9.54. The van der Waals surface area contributed by atoms with Gasteiger partial charge in [-0.15, -0.1) is 6.58 Å². The summed E-state index contributed by atoms with van der Waals surface area (Å²) in [6.07, 6.45) is 10.2. The van der Waals surface area contributed by atoms with Crippen molar-refractivity contribution in [2.75, 3.05) is 33.4 Å². The maximum Gasteiger partial charge on any atom is 0.289 e. The predicted molar refractivity (Wildman–Crippen MR) is 140 cm³/mol. The highest BCUT2D eigenvalue weighted by molar-refractivity contribution is 5.91. The number of allylic oxidation sites excluding steroid dienone is 3. The number of fused-ring (bicyclic) bond motifs is 2. The predicted octanol–water partition coefficient (Wildman–Crippen LogP) is 4.71. The fourth-order valence-corrected chi connectivity index (χ4v) is 5.08.